The maximum absolute atomic E-state index is 13.2. The van der Waals surface area contributed by atoms with Crippen LogP contribution in [0.1, 0.15) is 27.7 Å². The number of benzene rings is 2. The third-order valence-electron chi connectivity index (χ3n) is 4.91. The quantitative estimate of drug-likeness (QED) is 0.485. The number of carbonyl (C=O) groups is 2. The average Bonchev–Trinajstić information content (AvgIpc) is 2.75. The predicted octanol–water partition coefficient (Wildman–Crippen LogP) is 5.91. The SMILES string of the molecule is CCOC(=O)C1=C(C)N(c2ccc(Cl)cc2)C(C)=C(C(=O)OCC)N1c1ccc(Cl)cc1. The minimum atomic E-state index is -0.562. The summed E-state index contributed by atoms with van der Waals surface area (Å²) in [7, 11) is 0. The Bertz CT molecular complexity index is 1030. The minimum absolute atomic E-state index is 0.183. The molecule has 3 rings (SSSR count). The van der Waals surface area contributed by atoms with Crippen molar-refractivity contribution in [3.8, 4) is 0 Å². The molecule has 0 bridgehead atoms. The number of hydrogen-bond donors (Lipinski definition) is 0. The first-order valence-corrected chi connectivity index (χ1v) is 10.9. The van der Waals surface area contributed by atoms with Crippen LogP contribution in [0.3, 0.4) is 0 Å². The molecule has 2 aromatic rings. The Kier molecular flexibility index (Phi) is 7.48. The van der Waals surface area contributed by atoms with Crippen LogP contribution in [0.5, 0.6) is 0 Å². The number of ether oxygens (including phenoxy) is 2. The highest BCUT2D eigenvalue weighted by atomic mass is 35.5. The van der Waals surface area contributed by atoms with E-state index in [1.54, 1.807) is 69.0 Å². The van der Waals surface area contributed by atoms with Crippen LogP contribution in [-0.4, -0.2) is 25.2 Å². The first kappa shape index (κ1) is 23.7. The van der Waals surface area contributed by atoms with Crippen molar-refractivity contribution in [1.82, 2.24) is 0 Å². The molecular weight excluding hydrogens is 451 g/mol. The van der Waals surface area contributed by atoms with Gasteiger partial charge in [0.2, 0.25) is 0 Å². The van der Waals surface area contributed by atoms with Crippen LogP contribution >= 0.6 is 23.2 Å². The zero-order chi connectivity index (χ0) is 23.4. The predicted molar refractivity (Wildman–Crippen MR) is 127 cm³/mol. The smallest absolute Gasteiger partial charge is 0.357 e. The maximum Gasteiger partial charge on any atom is 0.357 e. The largest absolute Gasteiger partial charge is 0.461 e. The monoisotopic (exact) mass is 474 g/mol. The lowest BCUT2D eigenvalue weighted by molar-refractivity contribution is -0.139. The summed E-state index contributed by atoms with van der Waals surface area (Å²) in [5.41, 5.74) is 2.91. The highest BCUT2D eigenvalue weighted by molar-refractivity contribution is 6.31. The van der Waals surface area contributed by atoms with Crippen molar-refractivity contribution >= 4 is 46.5 Å². The van der Waals surface area contributed by atoms with Gasteiger partial charge in [0.25, 0.3) is 0 Å². The topological polar surface area (TPSA) is 59.1 Å². The lowest BCUT2D eigenvalue weighted by Gasteiger charge is -2.40. The van der Waals surface area contributed by atoms with E-state index in [4.69, 9.17) is 32.7 Å². The van der Waals surface area contributed by atoms with Gasteiger partial charge in [-0.05, 0) is 76.2 Å². The molecule has 6 nitrogen and oxygen atoms in total. The summed E-state index contributed by atoms with van der Waals surface area (Å²) in [5.74, 6) is -1.12. The molecule has 0 aliphatic carbocycles. The highest BCUT2D eigenvalue weighted by Crippen LogP contribution is 2.39. The van der Waals surface area contributed by atoms with E-state index in [0.29, 0.717) is 27.1 Å². The molecule has 0 unspecified atom stereocenters. The van der Waals surface area contributed by atoms with Gasteiger partial charge in [0, 0.05) is 21.4 Å². The zero-order valence-electron chi connectivity index (χ0n) is 18.3. The summed E-state index contributed by atoms with van der Waals surface area (Å²) in [6.07, 6.45) is 0. The van der Waals surface area contributed by atoms with Gasteiger partial charge in [-0.1, -0.05) is 23.2 Å². The van der Waals surface area contributed by atoms with Crippen LogP contribution in [0.2, 0.25) is 10.0 Å². The molecule has 0 spiro atoms. The van der Waals surface area contributed by atoms with E-state index >= 15 is 0 Å². The van der Waals surface area contributed by atoms with Crippen LogP contribution in [-0.2, 0) is 19.1 Å². The Balaban J connectivity index is 2.30. The molecule has 8 heteroatoms. The summed E-state index contributed by atoms with van der Waals surface area (Å²) in [6.45, 7) is 7.43. The van der Waals surface area contributed by atoms with Crippen molar-refractivity contribution < 1.29 is 19.1 Å². The second-order valence-electron chi connectivity index (χ2n) is 6.93. The molecule has 168 valence electrons. The van der Waals surface area contributed by atoms with E-state index in [0.717, 1.165) is 5.69 Å². The van der Waals surface area contributed by atoms with E-state index in [1.807, 2.05) is 17.0 Å². The first-order chi connectivity index (χ1) is 15.3. The summed E-state index contributed by atoms with van der Waals surface area (Å²) in [4.78, 5) is 29.7. The zero-order valence-corrected chi connectivity index (χ0v) is 19.8. The molecule has 0 aromatic heterocycles. The van der Waals surface area contributed by atoms with Crippen LogP contribution in [0.4, 0.5) is 11.4 Å². The Labute approximate surface area is 197 Å². The van der Waals surface area contributed by atoms with E-state index in [-0.39, 0.29) is 24.6 Å². The molecule has 0 fully saturated rings. The van der Waals surface area contributed by atoms with Gasteiger partial charge in [-0.2, -0.15) is 0 Å². The Hall–Kier alpha value is -2.96. The summed E-state index contributed by atoms with van der Waals surface area (Å²) >= 11 is 12.1. The van der Waals surface area contributed by atoms with Gasteiger partial charge in [-0.3, -0.25) is 4.90 Å². The van der Waals surface area contributed by atoms with E-state index in [1.165, 1.54) is 0 Å². The van der Waals surface area contributed by atoms with Crippen molar-refractivity contribution in [3.63, 3.8) is 0 Å². The number of anilines is 2. The molecule has 0 saturated carbocycles. The molecule has 0 amide bonds. The molecule has 0 radical (unpaired) electrons. The summed E-state index contributed by atoms with van der Waals surface area (Å²) in [5, 5.41) is 1.11. The third-order valence-corrected chi connectivity index (χ3v) is 5.41. The molecule has 1 aliphatic heterocycles. The van der Waals surface area contributed by atoms with Gasteiger partial charge in [0.1, 0.15) is 0 Å². The van der Waals surface area contributed by atoms with Crippen LogP contribution < -0.4 is 9.80 Å². The molecule has 0 atom stereocenters. The molecule has 1 heterocycles. The number of esters is 2. The number of hydrogen-bond acceptors (Lipinski definition) is 6. The van der Waals surface area contributed by atoms with Gasteiger partial charge >= 0.3 is 11.9 Å². The fourth-order valence-corrected chi connectivity index (χ4v) is 3.85. The second kappa shape index (κ2) is 10.1. The van der Waals surface area contributed by atoms with E-state index < -0.39 is 11.9 Å². The first-order valence-electron chi connectivity index (χ1n) is 10.2. The van der Waals surface area contributed by atoms with E-state index in [2.05, 4.69) is 0 Å². The van der Waals surface area contributed by atoms with Crippen LogP contribution in [0.25, 0.3) is 0 Å². The van der Waals surface area contributed by atoms with Gasteiger partial charge in [0.05, 0.1) is 24.6 Å². The van der Waals surface area contributed by atoms with Crippen molar-refractivity contribution in [3.05, 3.63) is 81.4 Å². The van der Waals surface area contributed by atoms with Crippen LogP contribution in [0.15, 0.2) is 71.3 Å². The fraction of sp³-hybridized carbons (Fsp3) is 0.250. The second-order valence-corrected chi connectivity index (χ2v) is 7.81. The molecular formula is C24H24Cl2N2O4. The summed E-state index contributed by atoms with van der Waals surface area (Å²) in [6, 6.07) is 14.0. The summed E-state index contributed by atoms with van der Waals surface area (Å²) < 4.78 is 10.7. The van der Waals surface area contributed by atoms with Crippen molar-refractivity contribution in [1.29, 1.82) is 0 Å². The fourth-order valence-electron chi connectivity index (χ4n) is 3.60. The van der Waals surface area contributed by atoms with Gasteiger partial charge < -0.3 is 14.4 Å². The van der Waals surface area contributed by atoms with Crippen molar-refractivity contribution in [2.24, 2.45) is 0 Å². The highest BCUT2D eigenvalue weighted by Gasteiger charge is 2.39. The molecule has 0 saturated heterocycles. The number of carbonyl (C=O) groups excluding carboxylic acids is 2. The van der Waals surface area contributed by atoms with Crippen molar-refractivity contribution in [2.75, 3.05) is 23.0 Å². The van der Waals surface area contributed by atoms with Gasteiger partial charge in [-0.15, -0.1) is 0 Å². The molecule has 2 aromatic carbocycles. The van der Waals surface area contributed by atoms with Gasteiger partial charge in [0.15, 0.2) is 11.4 Å². The Morgan fingerprint density at radius 3 is 1.38 bits per heavy atom. The Morgan fingerprint density at radius 1 is 0.688 bits per heavy atom. The van der Waals surface area contributed by atoms with E-state index in [9.17, 15) is 9.59 Å². The number of halogens is 2. The van der Waals surface area contributed by atoms with Crippen molar-refractivity contribution in [2.45, 2.75) is 27.7 Å². The third kappa shape index (κ3) is 4.61. The van der Waals surface area contributed by atoms with Crippen LogP contribution in [0, 0.1) is 0 Å². The standard InChI is InChI=1S/C24H24Cl2N2O4/c1-5-31-23(29)21-15(3)27(19-11-7-17(25)8-12-19)16(4)22(24(30)32-6-2)28(21)20-13-9-18(26)10-14-20/h7-14H,5-6H2,1-4H3. The maximum atomic E-state index is 13.2. The molecule has 1 aliphatic rings. The lowest BCUT2D eigenvalue weighted by atomic mass is 10.1. The number of rotatable bonds is 6. The minimum Gasteiger partial charge on any atom is -0.461 e. The van der Waals surface area contributed by atoms with Gasteiger partial charge in [-0.25, -0.2) is 9.59 Å². The molecule has 32 heavy (non-hydrogen) atoms. The number of nitrogens with zero attached hydrogens (tertiary/aromatic N) is 2. The normalized spacial score (nSPS) is 14.1. The molecule has 0 N–H and O–H groups in total. The average molecular weight is 475 g/mol. The Morgan fingerprint density at radius 2 is 1.03 bits per heavy atom. The lowest BCUT2D eigenvalue weighted by Crippen LogP contribution is -2.42. The number of allylic oxidation sites excluding steroid dienone is 2.